The summed E-state index contributed by atoms with van der Waals surface area (Å²) in [4.78, 5) is 27.1. The molecule has 1 heterocycles. The van der Waals surface area contributed by atoms with Gasteiger partial charge in [-0.15, -0.1) is 11.3 Å². The van der Waals surface area contributed by atoms with E-state index in [1.54, 1.807) is 0 Å². The summed E-state index contributed by atoms with van der Waals surface area (Å²) in [6.45, 7) is 4.54. The molecule has 0 radical (unpaired) electrons. The summed E-state index contributed by atoms with van der Waals surface area (Å²) in [5, 5.41) is 14.0. The molecular weight excluding hydrogens is 240 g/mol. The van der Waals surface area contributed by atoms with E-state index in [0.29, 0.717) is 5.01 Å². The summed E-state index contributed by atoms with van der Waals surface area (Å²) in [5.74, 6) is -0.814. The number of aromatic nitrogens is 1. The Morgan fingerprint density at radius 3 is 2.65 bits per heavy atom. The molecule has 17 heavy (non-hydrogen) atoms. The van der Waals surface area contributed by atoms with Crippen LogP contribution in [0.1, 0.15) is 36.3 Å². The molecule has 1 amide bonds. The number of nitrogens with zero attached hydrogens (tertiary/aromatic N) is 1. The highest BCUT2D eigenvalue weighted by molar-refractivity contribution is 7.11. The zero-order valence-corrected chi connectivity index (χ0v) is 10.9. The van der Waals surface area contributed by atoms with Crippen LogP contribution in [-0.2, 0) is 11.2 Å². The largest absolute Gasteiger partial charge is 0.383 e. The predicted octanol–water partition coefficient (Wildman–Crippen LogP) is 0.775. The lowest BCUT2D eigenvalue weighted by atomic mass is 10.0. The van der Waals surface area contributed by atoms with Gasteiger partial charge in [0.2, 0.25) is 0 Å². The Kier molecular flexibility index (Phi) is 4.36. The van der Waals surface area contributed by atoms with Gasteiger partial charge in [-0.25, -0.2) is 4.98 Å². The normalized spacial score (nSPS) is 11.3. The lowest BCUT2D eigenvalue weighted by Gasteiger charge is -2.15. The number of thiazole rings is 1. The Morgan fingerprint density at radius 2 is 2.18 bits per heavy atom. The number of aryl methyl sites for hydroxylation is 1. The molecule has 94 valence electrons. The summed E-state index contributed by atoms with van der Waals surface area (Å²) in [7, 11) is 0. The van der Waals surface area contributed by atoms with E-state index in [9.17, 15) is 14.7 Å². The molecule has 0 atom stereocenters. The van der Waals surface area contributed by atoms with E-state index in [-0.39, 0.29) is 12.5 Å². The van der Waals surface area contributed by atoms with E-state index >= 15 is 0 Å². The van der Waals surface area contributed by atoms with Gasteiger partial charge in [-0.3, -0.25) is 9.59 Å². The van der Waals surface area contributed by atoms with E-state index in [0.717, 1.165) is 12.1 Å². The number of amides is 1. The highest BCUT2D eigenvalue weighted by atomic mass is 32.1. The lowest BCUT2D eigenvalue weighted by molar-refractivity contribution is -0.132. The minimum Gasteiger partial charge on any atom is -0.383 e. The number of nitrogens with one attached hydrogen (secondary N) is 1. The minimum atomic E-state index is -1.43. The first-order chi connectivity index (χ1) is 7.84. The highest BCUT2D eigenvalue weighted by Gasteiger charge is 2.24. The summed E-state index contributed by atoms with van der Waals surface area (Å²) >= 11 is 1.24. The van der Waals surface area contributed by atoms with Gasteiger partial charge in [0.1, 0.15) is 5.60 Å². The Balaban J connectivity index is 2.53. The van der Waals surface area contributed by atoms with Gasteiger partial charge >= 0.3 is 0 Å². The molecular formula is C11H16N2O3S. The molecule has 0 unspecified atom stereocenters. The van der Waals surface area contributed by atoms with E-state index in [1.807, 2.05) is 12.3 Å². The lowest BCUT2D eigenvalue weighted by Crippen LogP contribution is -2.40. The van der Waals surface area contributed by atoms with Crippen LogP contribution in [0.3, 0.4) is 0 Å². The van der Waals surface area contributed by atoms with Crippen LogP contribution in [0, 0.1) is 0 Å². The molecule has 1 aromatic heterocycles. The summed E-state index contributed by atoms with van der Waals surface area (Å²) < 4.78 is 0. The van der Waals surface area contributed by atoms with Gasteiger partial charge in [-0.1, -0.05) is 6.92 Å². The molecule has 0 fully saturated rings. The van der Waals surface area contributed by atoms with Crippen LogP contribution in [0.2, 0.25) is 0 Å². The van der Waals surface area contributed by atoms with Crippen molar-refractivity contribution in [2.45, 2.75) is 32.8 Å². The van der Waals surface area contributed by atoms with Crippen molar-refractivity contribution in [2.24, 2.45) is 0 Å². The molecule has 0 saturated carbocycles. The third-order valence-corrected chi connectivity index (χ3v) is 3.09. The molecule has 6 heteroatoms. The SMILES string of the molecule is CCc1csc(C(=O)NCC(=O)C(C)(C)O)n1. The van der Waals surface area contributed by atoms with Crippen LogP contribution < -0.4 is 5.32 Å². The second-order valence-electron chi connectivity index (χ2n) is 4.16. The third-order valence-electron chi connectivity index (χ3n) is 2.20. The van der Waals surface area contributed by atoms with Gasteiger partial charge in [0.25, 0.3) is 5.91 Å². The maximum absolute atomic E-state index is 11.6. The molecule has 1 aromatic rings. The van der Waals surface area contributed by atoms with Gasteiger partial charge in [-0.05, 0) is 20.3 Å². The van der Waals surface area contributed by atoms with Crippen LogP contribution >= 0.6 is 11.3 Å². The zero-order valence-electron chi connectivity index (χ0n) is 10.1. The van der Waals surface area contributed by atoms with Crippen molar-refractivity contribution >= 4 is 23.0 Å². The fraction of sp³-hybridized carbons (Fsp3) is 0.545. The molecule has 0 bridgehead atoms. The second-order valence-corrected chi connectivity index (χ2v) is 5.02. The topological polar surface area (TPSA) is 79.3 Å². The van der Waals surface area contributed by atoms with Crippen molar-refractivity contribution in [2.75, 3.05) is 6.54 Å². The van der Waals surface area contributed by atoms with E-state index in [4.69, 9.17) is 0 Å². The Bertz CT molecular complexity index is 421. The number of aliphatic hydroxyl groups is 1. The number of carbonyl (C=O) groups is 2. The van der Waals surface area contributed by atoms with Crippen LogP contribution in [0.15, 0.2) is 5.38 Å². The molecule has 1 rings (SSSR count). The van der Waals surface area contributed by atoms with E-state index in [1.165, 1.54) is 25.2 Å². The molecule has 2 N–H and O–H groups in total. The smallest absolute Gasteiger partial charge is 0.280 e. The molecule has 5 nitrogen and oxygen atoms in total. The maximum atomic E-state index is 11.6. The van der Waals surface area contributed by atoms with Gasteiger partial charge < -0.3 is 10.4 Å². The van der Waals surface area contributed by atoms with Gasteiger partial charge in [-0.2, -0.15) is 0 Å². The van der Waals surface area contributed by atoms with Crippen molar-refractivity contribution in [3.8, 4) is 0 Å². The Hall–Kier alpha value is -1.27. The Morgan fingerprint density at radius 1 is 1.53 bits per heavy atom. The van der Waals surface area contributed by atoms with E-state index < -0.39 is 11.4 Å². The van der Waals surface area contributed by atoms with Gasteiger partial charge in [0, 0.05) is 5.38 Å². The number of ketones is 1. The summed E-state index contributed by atoms with van der Waals surface area (Å²) in [5.41, 5.74) is -0.570. The minimum absolute atomic E-state index is 0.191. The van der Waals surface area contributed by atoms with Gasteiger partial charge in [0.05, 0.1) is 12.2 Å². The van der Waals surface area contributed by atoms with Gasteiger partial charge in [0.15, 0.2) is 10.8 Å². The van der Waals surface area contributed by atoms with E-state index in [2.05, 4.69) is 10.3 Å². The molecule has 0 aromatic carbocycles. The van der Waals surface area contributed by atoms with Crippen molar-refractivity contribution in [3.05, 3.63) is 16.1 Å². The quantitative estimate of drug-likeness (QED) is 0.815. The van der Waals surface area contributed by atoms with Crippen molar-refractivity contribution in [1.29, 1.82) is 0 Å². The zero-order chi connectivity index (χ0) is 13.1. The monoisotopic (exact) mass is 256 g/mol. The first-order valence-electron chi connectivity index (χ1n) is 5.33. The fourth-order valence-corrected chi connectivity index (χ4v) is 1.84. The fourth-order valence-electron chi connectivity index (χ4n) is 1.03. The second kappa shape index (κ2) is 5.37. The first kappa shape index (κ1) is 13.8. The number of hydrogen-bond acceptors (Lipinski definition) is 5. The third kappa shape index (κ3) is 3.90. The van der Waals surface area contributed by atoms with Crippen LogP contribution in [0.4, 0.5) is 0 Å². The molecule has 0 spiro atoms. The average Bonchev–Trinajstić information content (AvgIpc) is 2.72. The summed E-state index contributed by atoms with van der Waals surface area (Å²) in [6.07, 6.45) is 0.770. The van der Waals surface area contributed by atoms with Crippen LogP contribution in [0.5, 0.6) is 0 Å². The average molecular weight is 256 g/mol. The van der Waals surface area contributed by atoms with Crippen molar-refractivity contribution in [3.63, 3.8) is 0 Å². The highest BCUT2D eigenvalue weighted by Crippen LogP contribution is 2.10. The van der Waals surface area contributed by atoms with Crippen LogP contribution in [0.25, 0.3) is 0 Å². The Labute approximate surface area is 104 Å². The number of rotatable bonds is 5. The molecule has 0 aliphatic rings. The van der Waals surface area contributed by atoms with Crippen LogP contribution in [-0.4, -0.2) is 33.9 Å². The molecule has 0 aliphatic carbocycles. The number of carbonyl (C=O) groups excluding carboxylic acids is 2. The van der Waals surface area contributed by atoms with Crippen molar-refractivity contribution < 1.29 is 14.7 Å². The van der Waals surface area contributed by atoms with Crippen molar-refractivity contribution in [1.82, 2.24) is 10.3 Å². The molecule has 0 saturated heterocycles. The maximum Gasteiger partial charge on any atom is 0.280 e. The molecule has 0 aliphatic heterocycles. The summed E-state index contributed by atoms with van der Waals surface area (Å²) in [6, 6.07) is 0. The standard InChI is InChI=1S/C11H16N2O3S/c1-4-7-6-17-10(13-7)9(15)12-5-8(14)11(2,3)16/h6,16H,4-5H2,1-3H3,(H,12,15). The number of Topliss-reactive ketones (excluding diaryl/α,β-unsaturated/α-hetero) is 1. The number of hydrogen-bond donors (Lipinski definition) is 2. The first-order valence-corrected chi connectivity index (χ1v) is 6.20. The predicted molar refractivity (Wildman–Crippen MR) is 65.1 cm³/mol.